The predicted octanol–water partition coefficient (Wildman–Crippen LogP) is 0.238. The van der Waals surface area contributed by atoms with Crippen molar-refractivity contribution >= 4 is 0 Å². The molecular formula is C14H37N7O2. The highest BCUT2D eigenvalue weighted by atomic mass is 16.6. The normalized spacial score (nSPS) is 11.0. The molecule has 0 atom stereocenters. The van der Waals surface area contributed by atoms with E-state index in [2.05, 4.69) is 15.9 Å². The maximum atomic E-state index is 10.4. The van der Waals surface area contributed by atoms with Crippen LogP contribution < -0.4 is 22.1 Å². The van der Waals surface area contributed by atoms with Crippen molar-refractivity contribution in [1.29, 1.82) is 0 Å². The molecule has 140 valence electrons. The van der Waals surface area contributed by atoms with Gasteiger partial charge in [-0.15, -0.1) is 5.01 Å². The Morgan fingerprint density at radius 2 is 1.30 bits per heavy atom. The van der Waals surface area contributed by atoms with Gasteiger partial charge in [0.05, 0.1) is 18.1 Å². The van der Waals surface area contributed by atoms with E-state index in [1.165, 1.54) is 17.9 Å². The lowest BCUT2D eigenvalue weighted by molar-refractivity contribution is -0.708. The molecule has 0 aliphatic heterocycles. The summed E-state index contributed by atoms with van der Waals surface area (Å²) in [6, 6.07) is 0. The van der Waals surface area contributed by atoms with Crippen molar-refractivity contribution in [2.24, 2.45) is 16.7 Å². The average molecular weight is 335 g/mol. The Labute approximate surface area is 140 Å². The largest absolute Gasteiger partial charge is 0.569 e. The van der Waals surface area contributed by atoms with Crippen LogP contribution >= 0.6 is 0 Å². The smallest absolute Gasteiger partial charge is 0.230 e. The maximum absolute atomic E-state index is 10.4. The third kappa shape index (κ3) is 18.8. The van der Waals surface area contributed by atoms with Crippen molar-refractivity contribution in [3.05, 3.63) is 5.21 Å². The Balaban J connectivity index is 0. The predicted molar refractivity (Wildman–Crippen MR) is 93.1 cm³/mol. The molecule has 7 N–H and O–H groups in total. The van der Waals surface area contributed by atoms with Crippen LogP contribution in [0.15, 0.2) is 5.28 Å². The zero-order chi connectivity index (χ0) is 17.8. The van der Waals surface area contributed by atoms with Gasteiger partial charge in [-0.3, -0.25) is 0 Å². The number of nitrogens with two attached hydrogens (primary N) is 2. The van der Waals surface area contributed by atoms with Crippen LogP contribution in [0.4, 0.5) is 0 Å². The molecule has 0 aromatic heterocycles. The highest BCUT2D eigenvalue weighted by molar-refractivity contribution is 4.52. The molecule has 0 unspecified atom stereocenters. The van der Waals surface area contributed by atoms with Gasteiger partial charge in [-0.05, 0) is 78.8 Å². The van der Waals surface area contributed by atoms with Crippen LogP contribution in [-0.4, -0.2) is 67.5 Å². The lowest BCUT2D eigenvalue weighted by atomic mass is 10.3. The topological polar surface area (TPSA) is 138 Å². The van der Waals surface area contributed by atoms with Gasteiger partial charge in [0, 0.05) is 0 Å². The molecule has 0 saturated heterocycles. The van der Waals surface area contributed by atoms with Crippen LogP contribution in [0, 0.1) is 5.21 Å². The minimum atomic E-state index is 0.167. The molecule has 0 aliphatic rings. The van der Waals surface area contributed by atoms with Gasteiger partial charge < -0.3 is 32.5 Å². The van der Waals surface area contributed by atoms with Gasteiger partial charge in [0.15, 0.2) is 0 Å². The quantitative estimate of drug-likeness (QED) is 0.133. The minimum absolute atomic E-state index is 0.167. The third-order valence-corrected chi connectivity index (χ3v) is 3.12. The zero-order valence-corrected chi connectivity index (χ0v) is 14.8. The summed E-state index contributed by atoms with van der Waals surface area (Å²) in [4.78, 5) is 0.167. The Bertz CT molecular complexity index is 239. The van der Waals surface area contributed by atoms with E-state index in [0.29, 0.717) is 13.1 Å². The number of hydrazine groups is 1. The molecule has 0 radical (unpaired) electrons. The minimum Gasteiger partial charge on any atom is -0.569 e. The fraction of sp³-hybridized carbons (Fsp3) is 1.00. The molecule has 0 heterocycles. The Morgan fingerprint density at radius 1 is 0.913 bits per heavy atom. The molecule has 0 aromatic carbocycles. The summed E-state index contributed by atoms with van der Waals surface area (Å²) < 4.78 is 0. The molecule has 0 bridgehead atoms. The zero-order valence-electron chi connectivity index (χ0n) is 14.8. The highest BCUT2D eigenvalue weighted by Crippen LogP contribution is 1.86. The van der Waals surface area contributed by atoms with Crippen molar-refractivity contribution in [3.8, 4) is 0 Å². The van der Waals surface area contributed by atoms with Gasteiger partial charge in [0.1, 0.15) is 0 Å². The highest BCUT2D eigenvalue weighted by Gasteiger charge is 2.04. The molecule has 9 heteroatoms. The summed E-state index contributed by atoms with van der Waals surface area (Å²) >= 11 is 0. The van der Waals surface area contributed by atoms with Crippen LogP contribution in [-0.2, 0) is 0 Å². The molecule has 0 amide bonds. The Morgan fingerprint density at radius 3 is 1.57 bits per heavy atom. The van der Waals surface area contributed by atoms with Crippen molar-refractivity contribution in [3.63, 3.8) is 0 Å². The number of hydrogen-bond donors (Lipinski definition) is 5. The first-order chi connectivity index (χ1) is 11.2. The molecule has 0 spiro atoms. The second kappa shape index (κ2) is 20.8. The SMILES string of the molecule is CCN(CC)/[N+]([O-])=N/O.NCCCNCCCCNCCCN. The molecule has 0 aliphatic carbocycles. The fourth-order valence-corrected chi connectivity index (χ4v) is 1.73. The van der Waals surface area contributed by atoms with Crippen molar-refractivity contribution in [2.75, 3.05) is 52.4 Å². The number of hydrogen-bond acceptors (Lipinski definition) is 6. The van der Waals surface area contributed by atoms with Gasteiger partial charge in [-0.25, -0.2) is 0 Å². The van der Waals surface area contributed by atoms with Crippen molar-refractivity contribution in [2.45, 2.75) is 39.5 Å². The molecule has 0 saturated carbocycles. The Hall–Kier alpha value is -1.16. The second-order valence-corrected chi connectivity index (χ2v) is 4.97. The number of unbranched alkanes of at least 4 members (excludes halogenated alkanes) is 1. The van der Waals surface area contributed by atoms with Gasteiger partial charge in [-0.2, -0.15) is 0 Å². The molecule has 0 fully saturated rings. The van der Waals surface area contributed by atoms with E-state index in [1.54, 1.807) is 13.8 Å². The van der Waals surface area contributed by atoms with Crippen LogP contribution in [0.5, 0.6) is 0 Å². The van der Waals surface area contributed by atoms with E-state index in [9.17, 15) is 5.21 Å². The van der Waals surface area contributed by atoms with E-state index >= 15 is 0 Å². The number of nitrogens with one attached hydrogen (secondary N) is 2. The lowest BCUT2D eigenvalue weighted by Gasteiger charge is -2.11. The number of nitrogens with zero attached hydrogens (tertiary/aromatic N) is 3. The fourth-order valence-electron chi connectivity index (χ4n) is 1.73. The first kappa shape index (κ1) is 24.1. The van der Waals surface area contributed by atoms with E-state index in [0.717, 1.165) is 52.1 Å². The summed E-state index contributed by atoms with van der Waals surface area (Å²) in [5.41, 5.74) is 10.8. The first-order valence-corrected chi connectivity index (χ1v) is 8.56. The number of rotatable bonds is 14. The van der Waals surface area contributed by atoms with Gasteiger partial charge in [-0.1, -0.05) is 0 Å². The maximum Gasteiger partial charge on any atom is 0.230 e. The van der Waals surface area contributed by atoms with Gasteiger partial charge in [0.2, 0.25) is 5.28 Å². The van der Waals surface area contributed by atoms with Crippen LogP contribution in [0.2, 0.25) is 0 Å². The van der Waals surface area contributed by atoms with Crippen LogP contribution in [0.25, 0.3) is 0 Å². The Kier molecular flexibility index (Phi) is 21.8. The van der Waals surface area contributed by atoms with E-state index < -0.39 is 0 Å². The van der Waals surface area contributed by atoms with Crippen LogP contribution in [0.1, 0.15) is 39.5 Å². The first-order valence-electron chi connectivity index (χ1n) is 8.56. The van der Waals surface area contributed by atoms with Gasteiger partial charge in [0.25, 0.3) is 0 Å². The van der Waals surface area contributed by atoms with E-state index in [1.807, 2.05) is 0 Å². The molecule has 0 aromatic rings. The molecule has 0 rings (SSSR count). The van der Waals surface area contributed by atoms with Gasteiger partial charge >= 0.3 is 0 Å². The lowest BCUT2D eigenvalue weighted by Crippen LogP contribution is -2.29. The van der Waals surface area contributed by atoms with E-state index in [-0.39, 0.29) is 4.97 Å². The molecule has 9 nitrogen and oxygen atoms in total. The van der Waals surface area contributed by atoms with Crippen molar-refractivity contribution in [1.82, 2.24) is 15.6 Å². The molecule has 23 heavy (non-hydrogen) atoms. The average Bonchev–Trinajstić information content (AvgIpc) is 2.58. The summed E-state index contributed by atoms with van der Waals surface area (Å²) in [6.45, 7) is 10.6. The summed E-state index contributed by atoms with van der Waals surface area (Å²) in [5.74, 6) is 0. The summed E-state index contributed by atoms with van der Waals surface area (Å²) in [6.07, 6.45) is 4.63. The second-order valence-electron chi connectivity index (χ2n) is 4.97. The summed E-state index contributed by atoms with van der Waals surface area (Å²) in [5, 5.41) is 28.9. The molecular weight excluding hydrogens is 298 g/mol. The standard InChI is InChI=1S/C10H26N4.C4H11N3O2/c11-5-3-9-13-7-1-2-8-14-10-4-6-12;1-3-6(4-2)7(9)5-8/h13-14H,1-12H2;8H,3-4H2,1-2H3/b;7-5-. The van der Waals surface area contributed by atoms with Crippen LogP contribution in [0.3, 0.4) is 0 Å². The third-order valence-electron chi connectivity index (χ3n) is 3.12. The monoisotopic (exact) mass is 335 g/mol. The van der Waals surface area contributed by atoms with E-state index in [4.69, 9.17) is 16.7 Å². The van der Waals surface area contributed by atoms with Crippen molar-refractivity contribution < 1.29 is 10.2 Å². The summed E-state index contributed by atoms with van der Waals surface area (Å²) in [7, 11) is 0.